The maximum atomic E-state index is 5.77. The first-order chi connectivity index (χ1) is 10.3. The fourth-order valence-corrected chi connectivity index (χ4v) is 1.90. The van der Waals surface area contributed by atoms with Crippen LogP contribution in [-0.4, -0.2) is 23.6 Å². The normalized spacial score (nSPS) is 10.2. The van der Waals surface area contributed by atoms with Gasteiger partial charge in [-0.3, -0.25) is 4.98 Å². The Hall–Kier alpha value is -2.30. The van der Waals surface area contributed by atoms with Crippen molar-refractivity contribution in [3.63, 3.8) is 0 Å². The highest BCUT2D eigenvalue weighted by molar-refractivity contribution is 5.43. The molecule has 0 spiro atoms. The molecule has 21 heavy (non-hydrogen) atoms. The number of benzene rings is 1. The summed E-state index contributed by atoms with van der Waals surface area (Å²) >= 11 is 0. The summed E-state index contributed by atoms with van der Waals surface area (Å²) in [6.07, 6.45) is 4.39. The third kappa shape index (κ3) is 4.08. The second-order valence-corrected chi connectivity index (χ2v) is 4.55. The van der Waals surface area contributed by atoms with Gasteiger partial charge in [-0.05, 0) is 31.0 Å². The van der Waals surface area contributed by atoms with Crippen molar-refractivity contribution < 1.29 is 9.47 Å². The summed E-state index contributed by atoms with van der Waals surface area (Å²) in [7, 11) is 1.65. The SMILES string of the molecule is CCNc1cnc(COc2ccc(CC)cc2OC)cn1. The topological polar surface area (TPSA) is 56.3 Å². The molecule has 2 aromatic rings. The monoisotopic (exact) mass is 287 g/mol. The van der Waals surface area contributed by atoms with E-state index in [-0.39, 0.29) is 0 Å². The van der Waals surface area contributed by atoms with Gasteiger partial charge in [-0.2, -0.15) is 0 Å². The Kier molecular flexibility index (Phi) is 5.37. The fraction of sp³-hybridized carbons (Fsp3) is 0.375. The molecule has 5 nitrogen and oxygen atoms in total. The molecular weight excluding hydrogens is 266 g/mol. The molecule has 5 heteroatoms. The largest absolute Gasteiger partial charge is 0.493 e. The van der Waals surface area contributed by atoms with E-state index in [1.54, 1.807) is 19.5 Å². The maximum Gasteiger partial charge on any atom is 0.161 e. The predicted molar refractivity (Wildman–Crippen MR) is 82.9 cm³/mol. The van der Waals surface area contributed by atoms with Crippen LogP contribution < -0.4 is 14.8 Å². The van der Waals surface area contributed by atoms with Gasteiger partial charge in [0.2, 0.25) is 0 Å². The number of nitrogens with zero attached hydrogens (tertiary/aromatic N) is 2. The molecule has 2 rings (SSSR count). The van der Waals surface area contributed by atoms with E-state index < -0.39 is 0 Å². The first-order valence-corrected chi connectivity index (χ1v) is 7.11. The zero-order chi connectivity index (χ0) is 15.1. The van der Waals surface area contributed by atoms with Crippen molar-refractivity contribution >= 4 is 5.82 Å². The number of hydrogen-bond acceptors (Lipinski definition) is 5. The van der Waals surface area contributed by atoms with Crippen molar-refractivity contribution in [1.82, 2.24) is 9.97 Å². The Labute approximate surface area is 125 Å². The van der Waals surface area contributed by atoms with Gasteiger partial charge in [0.15, 0.2) is 11.5 Å². The molecule has 0 fully saturated rings. The van der Waals surface area contributed by atoms with Crippen molar-refractivity contribution in [3.8, 4) is 11.5 Å². The van der Waals surface area contributed by atoms with Crippen molar-refractivity contribution in [3.05, 3.63) is 41.9 Å². The van der Waals surface area contributed by atoms with E-state index in [1.807, 2.05) is 25.1 Å². The Bertz CT molecular complexity index is 570. The molecule has 0 aliphatic rings. The minimum Gasteiger partial charge on any atom is -0.493 e. The lowest BCUT2D eigenvalue weighted by Gasteiger charge is -2.11. The Morgan fingerprint density at radius 1 is 1.10 bits per heavy atom. The van der Waals surface area contributed by atoms with E-state index in [0.717, 1.165) is 30.2 Å². The third-order valence-corrected chi connectivity index (χ3v) is 3.08. The Morgan fingerprint density at radius 3 is 2.57 bits per heavy atom. The predicted octanol–water partition coefficient (Wildman–Crippen LogP) is 3.06. The zero-order valence-corrected chi connectivity index (χ0v) is 12.7. The molecule has 0 atom stereocenters. The van der Waals surface area contributed by atoms with Gasteiger partial charge in [0.05, 0.1) is 25.2 Å². The van der Waals surface area contributed by atoms with Crippen LogP contribution >= 0.6 is 0 Å². The van der Waals surface area contributed by atoms with E-state index in [4.69, 9.17) is 9.47 Å². The Morgan fingerprint density at radius 2 is 1.95 bits per heavy atom. The summed E-state index contributed by atoms with van der Waals surface area (Å²) in [6, 6.07) is 5.96. The zero-order valence-electron chi connectivity index (χ0n) is 12.7. The van der Waals surface area contributed by atoms with E-state index in [1.165, 1.54) is 5.56 Å². The first-order valence-electron chi connectivity index (χ1n) is 7.11. The Balaban J connectivity index is 2.02. The highest BCUT2D eigenvalue weighted by Crippen LogP contribution is 2.28. The maximum absolute atomic E-state index is 5.77. The average molecular weight is 287 g/mol. The lowest BCUT2D eigenvalue weighted by molar-refractivity contribution is 0.280. The molecular formula is C16H21N3O2. The molecule has 1 N–H and O–H groups in total. The van der Waals surface area contributed by atoms with Gasteiger partial charge in [0, 0.05) is 6.54 Å². The van der Waals surface area contributed by atoms with Crippen LogP contribution in [0.4, 0.5) is 5.82 Å². The van der Waals surface area contributed by atoms with Crippen LogP contribution in [0, 0.1) is 0 Å². The molecule has 0 radical (unpaired) electrons. The van der Waals surface area contributed by atoms with Gasteiger partial charge in [-0.1, -0.05) is 13.0 Å². The van der Waals surface area contributed by atoms with Gasteiger partial charge in [0.1, 0.15) is 12.4 Å². The molecule has 1 aromatic carbocycles. The van der Waals surface area contributed by atoms with Gasteiger partial charge < -0.3 is 14.8 Å². The summed E-state index contributed by atoms with van der Waals surface area (Å²) in [5, 5.41) is 3.10. The number of rotatable bonds is 7. The van der Waals surface area contributed by atoms with Crippen LogP contribution in [0.2, 0.25) is 0 Å². The second kappa shape index (κ2) is 7.47. The van der Waals surface area contributed by atoms with Crippen LogP contribution in [0.5, 0.6) is 11.5 Å². The summed E-state index contributed by atoms with van der Waals surface area (Å²) in [6.45, 7) is 5.31. The van der Waals surface area contributed by atoms with Crippen molar-refractivity contribution in [2.24, 2.45) is 0 Å². The summed E-state index contributed by atoms with van der Waals surface area (Å²) in [5.41, 5.74) is 1.99. The number of methoxy groups -OCH3 is 1. The average Bonchev–Trinajstić information content (AvgIpc) is 2.54. The quantitative estimate of drug-likeness (QED) is 0.848. The van der Waals surface area contributed by atoms with Crippen molar-refractivity contribution in [2.75, 3.05) is 19.0 Å². The molecule has 0 unspecified atom stereocenters. The number of nitrogens with one attached hydrogen (secondary N) is 1. The van der Waals surface area contributed by atoms with Gasteiger partial charge in [-0.15, -0.1) is 0 Å². The second-order valence-electron chi connectivity index (χ2n) is 4.55. The lowest BCUT2D eigenvalue weighted by Crippen LogP contribution is -2.04. The molecule has 0 saturated carbocycles. The molecule has 1 heterocycles. The number of anilines is 1. The fourth-order valence-electron chi connectivity index (χ4n) is 1.90. The van der Waals surface area contributed by atoms with Crippen LogP contribution in [0.1, 0.15) is 25.1 Å². The van der Waals surface area contributed by atoms with Crippen LogP contribution in [0.25, 0.3) is 0 Å². The van der Waals surface area contributed by atoms with Gasteiger partial charge in [0.25, 0.3) is 0 Å². The third-order valence-electron chi connectivity index (χ3n) is 3.08. The summed E-state index contributed by atoms with van der Waals surface area (Å²) in [4.78, 5) is 8.58. The highest BCUT2D eigenvalue weighted by atomic mass is 16.5. The first kappa shape index (κ1) is 15.1. The van der Waals surface area contributed by atoms with Crippen molar-refractivity contribution in [1.29, 1.82) is 0 Å². The molecule has 0 aliphatic carbocycles. The number of aromatic nitrogens is 2. The standard InChI is InChI=1S/C16H21N3O2/c1-4-12-6-7-14(15(8-12)20-3)21-11-13-9-19-16(10-18-13)17-5-2/h6-10H,4-5,11H2,1-3H3,(H,17,19). The number of hydrogen-bond donors (Lipinski definition) is 1. The van der Waals surface area contributed by atoms with Crippen LogP contribution in [0.3, 0.4) is 0 Å². The van der Waals surface area contributed by atoms with Gasteiger partial charge >= 0.3 is 0 Å². The molecule has 0 amide bonds. The smallest absolute Gasteiger partial charge is 0.161 e. The highest BCUT2D eigenvalue weighted by Gasteiger charge is 2.06. The van der Waals surface area contributed by atoms with Crippen LogP contribution in [0.15, 0.2) is 30.6 Å². The summed E-state index contributed by atoms with van der Waals surface area (Å²) < 4.78 is 11.1. The van der Waals surface area contributed by atoms with E-state index in [0.29, 0.717) is 12.4 Å². The van der Waals surface area contributed by atoms with Crippen LogP contribution in [-0.2, 0) is 13.0 Å². The molecule has 0 aliphatic heterocycles. The minimum atomic E-state index is 0.362. The van der Waals surface area contributed by atoms with E-state index in [2.05, 4.69) is 22.2 Å². The van der Waals surface area contributed by atoms with E-state index >= 15 is 0 Å². The van der Waals surface area contributed by atoms with E-state index in [9.17, 15) is 0 Å². The molecule has 1 aromatic heterocycles. The van der Waals surface area contributed by atoms with Gasteiger partial charge in [-0.25, -0.2) is 4.98 Å². The molecule has 112 valence electrons. The number of ether oxygens (including phenoxy) is 2. The minimum absolute atomic E-state index is 0.362. The lowest BCUT2D eigenvalue weighted by atomic mass is 10.1. The molecule has 0 saturated heterocycles. The summed E-state index contributed by atoms with van der Waals surface area (Å²) in [5.74, 6) is 2.23. The van der Waals surface area contributed by atoms with Crippen molar-refractivity contribution in [2.45, 2.75) is 26.9 Å². The number of aryl methyl sites for hydroxylation is 1. The molecule has 0 bridgehead atoms.